The maximum atomic E-state index is 4.59. The Bertz CT molecular complexity index is 300. The van der Waals surface area contributed by atoms with Crippen molar-refractivity contribution < 1.29 is 29.7 Å². The molecule has 2 aliphatic rings. The zero-order valence-electron chi connectivity index (χ0n) is 10.5. The first-order chi connectivity index (χ1) is 7.86. The second-order valence-corrected chi connectivity index (χ2v) is 5.97. The predicted octanol–water partition coefficient (Wildman–Crippen LogP) is -0.203. The Labute approximate surface area is 126 Å². The highest BCUT2D eigenvalue weighted by molar-refractivity contribution is 8.16. The lowest BCUT2D eigenvalue weighted by Gasteiger charge is -2.04. The highest BCUT2D eigenvalue weighted by Crippen LogP contribution is 2.31. The monoisotopic (exact) mass is 366 g/mol. The molecule has 2 rings (SSSR count). The van der Waals surface area contributed by atoms with E-state index in [0.717, 1.165) is 5.17 Å². The highest BCUT2D eigenvalue weighted by atomic mass is 127. The Hall–Kier alpha value is 0.450. The second kappa shape index (κ2) is 8.53. The molecule has 97 valence electrons. The number of quaternary nitrogens is 1. The van der Waals surface area contributed by atoms with Gasteiger partial charge in [-0.15, -0.1) is 0 Å². The number of hydrogen-bond acceptors (Lipinski definition) is 2. The van der Waals surface area contributed by atoms with Gasteiger partial charge in [0.05, 0.1) is 16.7 Å². The van der Waals surface area contributed by atoms with E-state index in [1.54, 1.807) is 0 Å². The first-order valence-electron chi connectivity index (χ1n) is 6.67. The van der Waals surface area contributed by atoms with Crippen molar-refractivity contribution in [3.8, 4) is 0 Å². The van der Waals surface area contributed by atoms with E-state index in [9.17, 15) is 0 Å². The summed E-state index contributed by atoms with van der Waals surface area (Å²) in [6.07, 6.45) is 13.6. The zero-order valence-corrected chi connectivity index (χ0v) is 13.5. The third kappa shape index (κ3) is 5.30. The standard InChI is InChI=1S/C13H22N2S.HI/c14-13-15-11-9-7-5-3-1-2-4-6-8-10-12(11)16-13;/h1-10,14H2;1H/q+1;. The van der Waals surface area contributed by atoms with Crippen LogP contribution in [-0.4, -0.2) is 5.17 Å². The van der Waals surface area contributed by atoms with Crippen LogP contribution in [0.15, 0.2) is 10.6 Å². The maximum Gasteiger partial charge on any atom is 0.471 e. The Balaban J connectivity index is 0.00000144. The molecular formula is C13H23IN2S+. The Kier molecular flexibility index (Phi) is 7.78. The highest BCUT2D eigenvalue weighted by Gasteiger charge is 2.31. The van der Waals surface area contributed by atoms with Crippen LogP contribution in [0.5, 0.6) is 0 Å². The third-order valence-corrected chi connectivity index (χ3v) is 4.40. The smallest absolute Gasteiger partial charge is 0.471 e. The van der Waals surface area contributed by atoms with Crippen LogP contribution < -0.4 is 34.7 Å². The van der Waals surface area contributed by atoms with E-state index in [-0.39, 0.29) is 24.0 Å². The number of halogens is 1. The Morgan fingerprint density at radius 1 is 0.824 bits per heavy atom. The van der Waals surface area contributed by atoms with Crippen molar-refractivity contribution in [1.29, 1.82) is 0 Å². The Morgan fingerprint density at radius 2 is 1.35 bits per heavy atom. The molecular weight excluding hydrogens is 343 g/mol. The van der Waals surface area contributed by atoms with Crippen LogP contribution in [0, 0.1) is 0 Å². The lowest BCUT2D eigenvalue weighted by molar-refractivity contribution is -0.207. The molecule has 4 heteroatoms. The van der Waals surface area contributed by atoms with Gasteiger partial charge in [0, 0.05) is 6.42 Å². The predicted molar refractivity (Wildman–Crippen MR) is 70.8 cm³/mol. The molecule has 0 saturated heterocycles. The second-order valence-electron chi connectivity index (χ2n) is 4.81. The average molecular weight is 366 g/mol. The summed E-state index contributed by atoms with van der Waals surface area (Å²) in [6.45, 7) is 0. The van der Waals surface area contributed by atoms with Crippen LogP contribution >= 0.6 is 11.8 Å². The molecule has 0 aromatic heterocycles. The van der Waals surface area contributed by atoms with Gasteiger partial charge in [-0.2, -0.15) is 0 Å². The molecule has 0 spiro atoms. The van der Waals surface area contributed by atoms with E-state index in [1.165, 1.54) is 74.8 Å². The minimum atomic E-state index is 0. The van der Waals surface area contributed by atoms with Gasteiger partial charge in [0.15, 0.2) is 0 Å². The van der Waals surface area contributed by atoms with Crippen molar-refractivity contribution >= 4 is 16.9 Å². The van der Waals surface area contributed by atoms with Gasteiger partial charge < -0.3 is 24.0 Å². The molecule has 0 amide bonds. The van der Waals surface area contributed by atoms with Gasteiger partial charge in [0.2, 0.25) is 0 Å². The zero-order chi connectivity index (χ0) is 11.2. The van der Waals surface area contributed by atoms with Crippen molar-refractivity contribution in [2.75, 3.05) is 0 Å². The van der Waals surface area contributed by atoms with Gasteiger partial charge in [0.25, 0.3) is 5.70 Å². The summed E-state index contributed by atoms with van der Waals surface area (Å²) >= 11 is 1.82. The van der Waals surface area contributed by atoms with Crippen LogP contribution in [0.1, 0.15) is 64.2 Å². The molecule has 1 radical (unpaired) electrons. The number of nitrogens with zero attached hydrogens (tertiary/aromatic N) is 1. The molecule has 2 nitrogen and oxygen atoms in total. The van der Waals surface area contributed by atoms with Gasteiger partial charge in [-0.3, -0.25) is 5.73 Å². The average Bonchev–Trinajstić information content (AvgIpc) is 2.59. The molecule has 0 bridgehead atoms. The van der Waals surface area contributed by atoms with E-state index >= 15 is 0 Å². The molecule has 0 unspecified atom stereocenters. The fourth-order valence-corrected chi connectivity index (χ4v) is 3.42. The van der Waals surface area contributed by atoms with Crippen LogP contribution in [0.4, 0.5) is 0 Å². The van der Waals surface area contributed by atoms with Crippen LogP contribution in [0.25, 0.3) is 0 Å². The molecule has 1 aliphatic heterocycles. The van der Waals surface area contributed by atoms with E-state index in [0.29, 0.717) is 0 Å². The largest absolute Gasteiger partial charge is 1.00 e. The summed E-state index contributed by atoms with van der Waals surface area (Å²) in [7, 11) is 0. The minimum Gasteiger partial charge on any atom is -1.00 e. The fourth-order valence-electron chi connectivity index (χ4n) is 2.47. The van der Waals surface area contributed by atoms with Gasteiger partial charge in [-0.1, -0.05) is 38.5 Å². The van der Waals surface area contributed by atoms with Crippen LogP contribution in [0.3, 0.4) is 0 Å². The SMILES string of the molecule is [I-].[NH3+]C1=[N+]C2=C(CCCCCCCCCC2)S1. The van der Waals surface area contributed by atoms with E-state index in [2.05, 4.69) is 10.7 Å². The first kappa shape index (κ1) is 15.5. The van der Waals surface area contributed by atoms with Crippen LogP contribution in [-0.2, 0) is 0 Å². The molecule has 1 aliphatic carbocycles. The summed E-state index contributed by atoms with van der Waals surface area (Å²) < 4.78 is 0. The molecule has 1 heterocycles. The van der Waals surface area contributed by atoms with Crippen molar-refractivity contribution in [3.05, 3.63) is 10.6 Å². The van der Waals surface area contributed by atoms with E-state index < -0.39 is 0 Å². The number of rotatable bonds is 0. The molecule has 0 aromatic carbocycles. The Morgan fingerprint density at radius 3 is 2.00 bits per heavy atom. The van der Waals surface area contributed by atoms with Crippen LogP contribution in [0.2, 0.25) is 0 Å². The number of thioether (sulfide) groups is 1. The lowest BCUT2D eigenvalue weighted by Crippen LogP contribution is -3.00. The number of aliphatic imine (C=N–C) groups is 1. The molecule has 17 heavy (non-hydrogen) atoms. The normalized spacial score (nSPS) is 23.0. The third-order valence-electron chi connectivity index (χ3n) is 3.39. The van der Waals surface area contributed by atoms with Crippen molar-refractivity contribution in [2.45, 2.75) is 64.2 Å². The van der Waals surface area contributed by atoms with Crippen molar-refractivity contribution in [2.24, 2.45) is 0 Å². The summed E-state index contributed by atoms with van der Waals surface area (Å²) in [5.41, 5.74) is 5.34. The van der Waals surface area contributed by atoms with E-state index in [4.69, 9.17) is 0 Å². The van der Waals surface area contributed by atoms with Crippen molar-refractivity contribution in [3.63, 3.8) is 0 Å². The first-order valence-corrected chi connectivity index (χ1v) is 7.48. The quantitative estimate of drug-likeness (QED) is 0.593. The van der Waals surface area contributed by atoms with Gasteiger partial charge >= 0.3 is 5.17 Å². The van der Waals surface area contributed by atoms with Gasteiger partial charge in [-0.25, -0.2) is 0 Å². The fraction of sp³-hybridized carbons (Fsp3) is 0.769. The summed E-state index contributed by atoms with van der Waals surface area (Å²) in [6, 6.07) is 0. The lowest BCUT2D eigenvalue weighted by atomic mass is 10.0. The maximum absolute atomic E-state index is 4.59. The number of amidine groups is 1. The molecule has 0 atom stereocenters. The summed E-state index contributed by atoms with van der Waals surface area (Å²) in [5.74, 6) is 0. The van der Waals surface area contributed by atoms with Gasteiger partial charge in [-0.05, 0) is 19.3 Å². The molecule has 3 N–H and O–H groups in total. The number of hydrogen-bond donors (Lipinski definition) is 1. The van der Waals surface area contributed by atoms with Crippen molar-refractivity contribution in [1.82, 2.24) is 4.99 Å². The molecule has 0 fully saturated rings. The molecule has 0 aromatic rings. The summed E-state index contributed by atoms with van der Waals surface area (Å²) in [4.78, 5) is 6.11. The minimum absolute atomic E-state index is 0. The summed E-state index contributed by atoms with van der Waals surface area (Å²) in [5, 5.41) is 1.01. The number of allylic oxidation sites excluding steroid dienone is 2. The molecule has 0 saturated carbocycles. The van der Waals surface area contributed by atoms with E-state index in [1.807, 2.05) is 11.8 Å². The van der Waals surface area contributed by atoms with Gasteiger partial charge in [0.1, 0.15) is 4.99 Å². The topological polar surface area (TPSA) is 41.7 Å².